The molecule has 3 rings (SSSR count). The maximum atomic E-state index is 13.2. The van der Waals surface area contributed by atoms with Gasteiger partial charge in [-0.25, -0.2) is 13.2 Å². The number of hydrogen-bond acceptors (Lipinski definition) is 1. The lowest BCUT2D eigenvalue weighted by Crippen LogP contribution is -3.13. The summed E-state index contributed by atoms with van der Waals surface area (Å²) in [5.74, 6) is -1.83. The maximum Gasteiger partial charge on any atom is 0.159 e. The zero-order chi connectivity index (χ0) is 15.5. The molecule has 2 nitrogen and oxygen atoms in total. The van der Waals surface area contributed by atoms with Gasteiger partial charge < -0.3 is 9.80 Å². The molecule has 1 aliphatic heterocycles. The third-order valence-electron chi connectivity index (χ3n) is 4.10. The van der Waals surface area contributed by atoms with Crippen LogP contribution in [-0.2, 0) is 6.54 Å². The molecule has 5 heteroatoms. The molecule has 116 valence electrons. The number of hydrogen-bond donors (Lipinski definition) is 1. The highest BCUT2D eigenvalue weighted by Gasteiger charge is 2.20. The summed E-state index contributed by atoms with van der Waals surface area (Å²) >= 11 is 0. The number of halogens is 3. The minimum Gasteiger partial charge on any atom is -0.360 e. The fourth-order valence-corrected chi connectivity index (χ4v) is 2.85. The van der Waals surface area contributed by atoms with Crippen LogP contribution in [-0.4, -0.2) is 26.2 Å². The molecule has 22 heavy (non-hydrogen) atoms. The first-order valence-corrected chi connectivity index (χ1v) is 7.40. The minimum atomic E-state index is -0.806. The van der Waals surface area contributed by atoms with Crippen molar-refractivity contribution in [3.05, 3.63) is 65.5 Å². The number of anilines is 1. The molecule has 0 aliphatic carbocycles. The number of nitrogens with zero attached hydrogens (tertiary/aromatic N) is 1. The zero-order valence-electron chi connectivity index (χ0n) is 12.2. The van der Waals surface area contributed by atoms with Crippen LogP contribution in [0.4, 0.5) is 18.9 Å². The van der Waals surface area contributed by atoms with E-state index in [4.69, 9.17) is 0 Å². The van der Waals surface area contributed by atoms with Crippen molar-refractivity contribution in [3.63, 3.8) is 0 Å². The van der Waals surface area contributed by atoms with Crippen molar-refractivity contribution in [1.82, 2.24) is 0 Å². The predicted octanol–water partition coefficient (Wildman–Crippen LogP) is 2.01. The van der Waals surface area contributed by atoms with Crippen LogP contribution in [0.5, 0.6) is 0 Å². The third-order valence-corrected chi connectivity index (χ3v) is 4.10. The Balaban J connectivity index is 1.57. The molecule has 2 aromatic carbocycles. The Hall–Kier alpha value is -2.01. The molecule has 1 saturated heterocycles. The van der Waals surface area contributed by atoms with Crippen LogP contribution in [0, 0.1) is 17.5 Å². The van der Waals surface area contributed by atoms with Gasteiger partial charge in [-0.1, -0.05) is 6.07 Å². The molecular weight excluding hydrogens is 289 g/mol. The van der Waals surface area contributed by atoms with E-state index in [1.165, 1.54) is 29.2 Å². The van der Waals surface area contributed by atoms with Crippen LogP contribution in [0.2, 0.25) is 0 Å². The van der Waals surface area contributed by atoms with Crippen LogP contribution in [0.3, 0.4) is 0 Å². The van der Waals surface area contributed by atoms with Crippen molar-refractivity contribution in [2.24, 2.45) is 0 Å². The lowest BCUT2D eigenvalue weighted by Gasteiger charge is -2.33. The Kier molecular flexibility index (Phi) is 4.34. The molecule has 0 spiro atoms. The van der Waals surface area contributed by atoms with Gasteiger partial charge in [0.15, 0.2) is 11.6 Å². The van der Waals surface area contributed by atoms with Crippen molar-refractivity contribution in [1.29, 1.82) is 0 Å². The van der Waals surface area contributed by atoms with Crippen molar-refractivity contribution >= 4 is 5.69 Å². The lowest BCUT2D eigenvalue weighted by atomic mass is 10.1. The molecule has 1 heterocycles. The fourth-order valence-electron chi connectivity index (χ4n) is 2.85. The fraction of sp³-hybridized carbons (Fsp3) is 0.294. The van der Waals surface area contributed by atoms with Crippen LogP contribution >= 0.6 is 0 Å². The average molecular weight is 307 g/mol. The average Bonchev–Trinajstić information content (AvgIpc) is 2.53. The molecule has 1 aliphatic rings. The highest BCUT2D eigenvalue weighted by atomic mass is 19.2. The van der Waals surface area contributed by atoms with Gasteiger partial charge in [0, 0.05) is 11.3 Å². The number of rotatable bonds is 3. The summed E-state index contributed by atoms with van der Waals surface area (Å²) in [6, 6.07) is 10.6. The van der Waals surface area contributed by atoms with Crippen LogP contribution in [0.25, 0.3) is 0 Å². The summed E-state index contributed by atoms with van der Waals surface area (Å²) in [6.45, 7) is 4.25. The lowest BCUT2D eigenvalue weighted by molar-refractivity contribution is -0.914. The van der Waals surface area contributed by atoms with Gasteiger partial charge >= 0.3 is 0 Å². The highest BCUT2D eigenvalue weighted by Crippen LogP contribution is 2.14. The Morgan fingerprint density at radius 1 is 0.864 bits per heavy atom. The van der Waals surface area contributed by atoms with Crippen LogP contribution in [0.15, 0.2) is 42.5 Å². The Morgan fingerprint density at radius 2 is 1.55 bits per heavy atom. The molecule has 0 aromatic heterocycles. The van der Waals surface area contributed by atoms with Gasteiger partial charge in [0.2, 0.25) is 0 Å². The topological polar surface area (TPSA) is 7.68 Å². The standard InChI is InChI=1S/C17H17F3N2/c18-14-2-4-15(5-3-14)22-9-7-21(8-10-22)12-13-1-6-16(19)17(20)11-13/h1-6,11H,7-10,12H2/p+1. The molecule has 2 aromatic rings. The van der Waals surface area contributed by atoms with E-state index in [0.717, 1.165) is 37.4 Å². The minimum absolute atomic E-state index is 0.230. The van der Waals surface area contributed by atoms with Crippen molar-refractivity contribution in [3.8, 4) is 0 Å². The number of nitrogens with one attached hydrogen (secondary N) is 1. The molecule has 0 atom stereocenters. The summed E-state index contributed by atoms with van der Waals surface area (Å²) in [7, 11) is 0. The van der Waals surface area contributed by atoms with E-state index in [-0.39, 0.29) is 5.82 Å². The Bertz CT molecular complexity index is 635. The van der Waals surface area contributed by atoms with E-state index in [0.29, 0.717) is 6.54 Å². The second kappa shape index (κ2) is 6.40. The highest BCUT2D eigenvalue weighted by molar-refractivity contribution is 5.46. The Labute approximate surface area is 127 Å². The van der Waals surface area contributed by atoms with Crippen LogP contribution in [0.1, 0.15) is 5.56 Å². The van der Waals surface area contributed by atoms with E-state index in [1.807, 2.05) is 0 Å². The van der Waals surface area contributed by atoms with Gasteiger partial charge in [0.05, 0.1) is 26.2 Å². The van der Waals surface area contributed by atoms with Crippen molar-refractivity contribution < 1.29 is 18.1 Å². The Morgan fingerprint density at radius 3 is 2.18 bits per heavy atom. The van der Waals surface area contributed by atoms with E-state index in [2.05, 4.69) is 4.90 Å². The van der Waals surface area contributed by atoms with Crippen LogP contribution < -0.4 is 9.80 Å². The van der Waals surface area contributed by atoms with Gasteiger partial charge in [0.1, 0.15) is 12.4 Å². The summed E-state index contributed by atoms with van der Waals surface area (Å²) in [6.07, 6.45) is 0. The van der Waals surface area contributed by atoms with Gasteiger partial charge in [0.25, 0.3) is 0 Å². The molecule has 0 radical (unpaired) electrons. The predicted molar refractivity (Wildman–Crippen MR) is 79.4 cm³/mol. The zero-order valence-corrected chi connectivity index (χ0v) is 12.2. The number of benzene rings is 2. The van der Waals surface area contributed by atoms with Gasteiger partial charge in [-0.05, 0) is 36.4 Å². The van der Waals surface area contributed by atoms with Crippen molar-refractivity contribution in [2.75, 3.05) is 31.1 Å². The summed E-state index contributed by atoms with van der Waals surface area (Å²) in [4.78, 5) is 3.55. The molecule has 1 N–H and O–H groups in total. The summed E-state index contributed by atoms with van der Waals surface area (Å²) < 4.78 is 39.1. The third kappa shape index (κ3) is 3.42. The van der Waals surface area contributed by atoms with E-state index in [9.17, 15) is 13.2 Å². The molecule has 0 unspecified atom stereocenters. The SMILES string of the molecule is Fc1ccc(N2CC[NH+](Cc3ccc(F)c(F)c3)CC2)cc1. The van der Waals surface area contributed by atoms with Gasteiger partial charge in [-0.3, -0.25) is 0 Å². The van der Waals surface area contributed by atoms with Gasteiger partial charge in [-0.2, -0.15) is 0 Å². The van der Waals surface area contributed by atoms with Crippen molar-refractivity contribution in [2.45, 2.75) is 6.54 Å². The van der Waals surface area contributed by atoms with E-state index in [1.54, 1.807) is 18.2 Å². The number of piperazine rings is 1. The first-order valence-electron chi connectivity index (χ1n) is 7.40. The summed E-state index contributed by atoms with van der Waals surface area (Å²) in [5, 5.41) is 0. The van der Waals surface area contributed by atoms with E-state index < -0.39 is 11.6 Å². The molecule has 0 bridgehead atoms. The first-order chi connectivity index (χ1) is 10.6. The summed E-state index contributed by atoms with van der Waals surface area (Å²) in [5.41, 5.74) is 1.83. The first kappa shape index (κ1) is 14.9. The second-order valence-corrected chi connectivity index (χ2v) is 5.64. The molecule has 0 saturated carbocycles. The van der Waals surface area contributed by atoms with Gasteiger partial charge in [-0.15, -0.1) is 0 Å². The molecular formula is C17H18F3N2+. The normalized spacial score (nSPS) is 16.0. The number of quaternary nitrogens is 1. The molecule has 0 amide bonds. The quantitative estimate of drug-likeness (QED) is 0.911. The smallest absolute Gasteiger partial charge is 0.159 e. The maximum absolute atomic E-state index is 13.2. The monoisotopic (exact) mass is 307 g/mol. The molecule has 1 fully saturated rings. The second-order valence-electron chi connectivity index (χ2n) is 5.64. The largest absolute Gasteiger partial charge is 0.360 e. The van der Waals surface area contributed by atoms with E-state index >= 15 is 0 Å².